The molecule has 34 heavy (non-hydrogen) atoms. The number of nitrogens with zero attached hydrogens (tertiary/aromatic N) is 5. The average Bonchev–Trinajstić information content (AvgIpc) is 3.28. The van der Waals surface area contributed by atoms with Gasteiger partial charge in [-0.25, -0.2) is 9.78 Å². The van der Waals surface area contributed by atoms with Crippen LogP contribution in [0.4, 0.5) is 5.69 Å². The van der Waals surface area contributed by atoms with Gasteiger partial charge in [0.25, 0.3) is 11.5 Å². The lowest BCUT2D eigenvalue weighted by molar-refractivity contribution is -0.148. The first-order valence-electron chi connectivity index (χ1n) is 10.9. The van der Waals surface area contributed by atoms with Crippen molar-refractivity contribution in [3.63, 3.8) is 0 Å². The topological polar surface area (TPSA) is 108 Å². The second-order valence-corrected chi connectivity index (χ2v) is 7.86. The molecule has 0 fully saturated rings. The van der Waals surface area contributed by atoms with Crippen LogP contribution in [0.2, 0.25) is 0 Å². The number of aryl methyl sites for hydroxylation is 2. The van der Waals surface area contributed by atoms with Gasteiger partial charge >= 0.3 is 11.7 Å². The maximum atomic E-state index is 12.8. The molecule has 0 unspecified atom stereocenters. The van der Waals surface area contributed by atoms with Crippen LogP contribution in [0.5, 0.6) is 0 Å². The lowest BCUT2D eigenvalue weighted by atomic mass is 10.1. The van der Waals surface area contributed by atoms with Gasteiger partial charge in [0.1, 0.15) is 0 Å². The zero-order valence-electron chi connectivity index (χ0n) is 19.2. The summed E-state index contributed by atoms with van der Waals surface area (Å²) in [5.74, 6) is -0.907. The number of amides is 1. The Hall–Kier alpha value is -4.21. The Labute approximate surface area is 194 Å². The van der Waals surface area contributed by atoms with Gasteiger partial charge in [-0.05, 0) is 18.4 Å². The Morgan fingerprint density at radius 1 is 1.03 bits per heavy atom. The Kier molecular flexibility index (Phi) is 6.31. The summed E-state index contributed by atoms with van der Waals surface area (Å²) in [4.78, 5) is 55.4. The summed E-state index contributed by atoms with van der Waals surface area (Å²) >= 11 is 0. The minimum absolute atomic E-state index is 0.0644. The van der Waals surface area contributed by atoms with Crippen molar-refractivity contribution in [3.05, 3.63) is 69.6 Å². The first-order valence-corrected chi connectivity index (χ1v) is 10.9. The monoisotopic (exact) mass is 463 g/mol. The number of aromatic nitrogens is 4. The highest BCUT2D eigenvalue weighted by Crippen LogP contribution is 2.26. The summed E-state index contributed by atoms with van der Waals surface area (Å²) in [6.45, 7) is 2.02. The summed E-state index contributed by atoms with van der Waals surface area (Å²) in [6.07, 6.45) is 1.34. The molecule has 0 bridgehead atoms. The fourth-order valence-electron chi connectivity index (χ4n) is 4.00. The Balaban J connectivity index is 1.43. The SMILES string of the molecule is CCN(C(=O)COC(=O)CCn1cnc2c1c(=O)n(C)c(=O)n2C)c1cccc2ccccc12. The molecule has 10 heteroatoms. The van der Waals surface area contributed by atoms with E-state index in [0.29, 0.717) is 6.54 Å². The van der Waals surface area contributed by atoms with E-state index < -0.39 is 23.8 Å². The van der Waals surface area contributed by atoms with Crippen LogP contribution in [0.3, 0.4) is 0 Å². The molecule has 0 aliphatic carbocycles. The smallest absolute Gasteiger partial charge is 0.332 e. The Morgan fingerprint density at radius 3 is 2.53 bits per heavy atom. The van der Waals surface area contributed by atoms with Crippen molar-refractivity contribution in [1.82, 2.24) is 18.7 Å². The van der Waals surface area contributed by atoms with Crippen LogP contribution in [0, 0.1) is 0 Å². The molecule has 0 aliphatic rings. The van der Waals surface area contributed by atoms with Crippen LogP contribution in [-0.4, -0.2) is 43.7 Å². The summed E-state index contributed by atoms with van der Waals surface area (Å²) in [5.41, 5.74) is 0.250. The number of carbonyl (C=O) groups is 2. The first kappa shape index (κ1) is 23.0. The van der Waals surface area contributed by atoms with E-state index in [1.165, 1.54) is 29.6 Å². The van der Waals surface area contributed by atoms with Gasteiger partial charge in [-0.2, -0.15) is 0 Å². The predicted molar refractivity (Wildman–Crippen MR) is 128 cm³/mol. The summed E-state index contributed by atoms with van der Waals surface area (Å²) in [6, 6.07) is 13.5. The molecule has 2 heterocycles. The van der Waals surface area contributed by atoms with Gasteiger partial charge in [-0.3, -0.25) is 23.5 Å². The number of esters is 1. The molecule has 176 valence electrons. The third-order valence-corrected chi connectivity index (χ3v) is 5.81. The van der Waals surface area contributed by atoms with Crippen LogP contribution in [0.25, 0.3) is 21.9 Å². The molecule has 0 spiro atoms. The van der Waals surface area contributed by atoms with E-state index in [4.69, 9.17) is 4.74 Å². The first-order chi connectivity index (χ1) is 16.3. The highest BCUT2D eigenvalue weighted by Gasteiger charge is 2.19. The van der Waals surface area contributed by atoms with E-state index >= 15 is 0 Å². The summed E-state index contributed by atoms with van der Waals surface area (Å²) in [5, 5.41) is 1.95. The molecule has 2 aromatic carbocycles. The molecule has 0 saturated heterocycles. The second kappa shape index (κ2) is 9.34. The molecule has 4 aromatic rings. The number of rotatable bonds is 7. The molecule has 10 nitrogen and oxygen atoms in total. The Bertz CT molecular complexity index is 1510. The van der Waals surface area contributed by atoms with Gasteiger partial charge in [0.05, 0.1) is 18.4 Å². The molecule has 2 aromatic heterocycles. The molecule has 0 N–H and O–H groups in total. The molecule has 4 rings (SSSR count). The minimum atomic E-state index is -0.578. The highest BCUT2D eigenvalue weighted by atomic mass is 16.5. The molecule has 0 aliphatic heterocycles. The van der Waals surface area contributed by atoms with Crippen molar-refractivity contribution in [2.45, 2.75) is 19.9 Å². The van der Waals surface area contributed by atoms with Crippen LogP contribution in [-0.2, 0) is 35.0 Å². The maximum Gasteiger partial charge on any atom is 0.332 e. The number of ether oxygens (including phenoxy) is 1. The van der Waals surface area contributed by atoms with Gasteiger partial charge in [-0.1, -0.05) is 36.4 Å². The number of carbonyl (C=O) groups excluding carboxylic acids is 2. The zero-order valence-corrected chi connectivity index (χ0v) is 19.2. The van der Waals surface area contributed by atoms with E-state index in [-0.39, 0.29) is 30.0 Å². The fraction of sp³-hybridized carbons (Fsp3) is 0.292. The lowest BCUT2D eigenvalue weighted by Crippen LogP contribution is -2.37. The van der Waals surface area contributed by atoms with E-state index in [2.05, 4.69) is 4.98 Å². The quantitative estimate of drug-likeness (QED) is 0.385. The van der Waals surface area contributed by atoms with Gasteiger partial charge in [0.2, 0.25) is 0 Å². The number of likely N-dealkylation sites (N-methyl/N-ethyl adjacent to an activating group) is 1. The third kappa shape index (κ3) is 4.09. The third-order valence-electron chi connectivity index (χ3n) is 5.81. The van der Waals surface area contributed by atoms with Crippen molar-refractivity contribution < 1.29 is 14.3 Å². The van der Waals surface area contributed by atoms with E-state index in [0.717, 1.165) is 21.0 Å². The standard InChI is InChI=1S/C24H25N5O5/c1-4-29(18-11-7-9-16-8-5-6-10-17(16)18)19(30)14-34-20(31)12-13-28-15-25-22-21(28)23(32)27(3)24(33)26(22)2/h5-11,15H,4,12-14H2,1-3H3. The van der Waals surface area contributed by atoms with E-state index in [1.54, 1.807) is 4.90 Å². The number of imidazole rings is 1. The van der Waals surface area contributed by atoms with Crippen molar-refractivity contribution in [2.75, 3.05) is 18.1 Å². The van der Waals surface area contributed by atoms with Crippen molar-refractivity contribution in [2.24, 2.45) is 14.1 Å². The van der Waals surface area contributed by atoms with Crippen molar-refractivity contribution >= 4 is 39.5 Å². The van der Waals surface area contributed by atoms with E-state index in [1.807, 2.05) is 49.4 Å². The normalized spacial score (nSPS) is 11.1. The minimum Gasteiger partial charge on any atom is -0.455 e. The zero-order chi connectivity index (χ0) is 24.4. The van der Waals surface area contributed by atoms with Crippen molar-refractivity contribution in [3.8, 4) is 0 Å². The molecule has 0 radical (unpaired) electrons. The Morgan fingerprint density at radius 2 is 1.76 bits per heavy atom. The fourth-order valence-corrected chi connectivity index (χ4v) is 4.00. The van der Waals surface area contributed by atoms with Gasteiger partial charge in [0.15, 0.2) is 17.8 Å². The van der Waals surface area contributed by atoms with Crippen LogP contribution in [0.15, 0.2) is 58.4 Å². The van der Waals surface area contributed by atoms with Gasteiger partial charge in [-0.15, -0.1) is 0 Å². The lowest BCUT2D eigenvalue weighted by Gasteiger charge is -2.22. The largest absolute Gasteiger partial charge is 0.455 e. The summed E-state index contributed by atoms with van der Waals surface area (Å²) < 4.78 is 9.00. The van der Waals surface area contributed by atoms with Crippen LogP contribution < -0.4 is 16.1 Å². The van der Waals surface area contributed by atoms with E-state index in [9.17, 15) is 19.2 Å². The second-order valence-electron chi connectivity index (χ2n) is 7.86. The number of anilines is 1. The predicted octanol–water partition coefficient (Wildman–Crippen LogP) is 1.57. The van der Waals surface area contributed by atoms with Crippen LogP contribution in [0.1, 0.15) is 13.3 Å². The molecular formula is C24H25N5O5. The average molecular weight is 463 g/mol. The maximum absolute atomic E-state index is 12.8. The number of hydrogen-bond donors (Lipinski definition) is 0. The molecule has 0 atom stereocenters. The molecule has 1 amide bonds. The number of fused-ring (bicyclic) bond motifs is 2. The highest BCUT2D eigenvalue weighted by molar-refractivity contribution is 6.04. The molecular weight excluding hydrogens is 438 g/mol. The van der Waals surface area contributed by atoms with Crippen LogP contribution >= 0.6 is 0 Å². The van der Waals surface area contributed by atoms with Crippen molar-refractivity contribution in [1.29, 1.82) is 0 Å². The number of hydrogen-bond acceptors (Lipinski definition) is 6. The summed E-state index contributed by atoms with van der Waals surface area (Å²) in [7, 11) is 2.91. The van der Waals surface area contributed by atoms with Gasteiger partial charge < -0.3 is 14.2 Å². The number of benzene rings is 2. The van der Waals surface area contributed by atoms with Gasteiger partial charge in [0, 0.05) is 32.6 Å². The molecule has 0 saturated carbocycles.